The zero-order valence-electron chi connectivity index (χ0n) is 9.09. The molecule has 0 heterocycles. The summed E-state index contributed by atoms with van der Waals surface area (Å²) in [6, 6.07) is 0. The summed E-state index contributed by atoms with van der Waals surface area (Å²) in [5, 5.41) is 0. The molecule has 1 unspecified atom stereocenters. The van der Waals surface area contributed by atoms with Crippen molar-refractivity contribution in [2.45, 2.75) is 39.5 Å². The fourth-order valence-electron chi connectivity index (χ4n) is 1.84. The van der Waals surface area contributed by atoms with Crippen molar-refractivity contribution < 1.29 is 0 Å². The molecule has 0 amide bonds. The van der Waals surface area contributed by atoms with Gasteiger partial charge in [-0.2, -0.15) is 0 Å². The minimum absolute atomic E-state index is 0.739. The van der Waals surface area contributed by atoms with Crippen molar-refractivity contribution in [2.24, 2.45) is 16.8 Å². The number of rotatable bonds is 4. The molecule has 0 aromatic heterocycles. The zero-order valence-corrected chi connectivity index (χ0v) is 9.09. The van der Waals surface area contributed by atoms with Crippen LogP contribution in [0.5, 0.6) is 0 Å². The Balaban J connectivity index is 2.62. The van der Waals surface area contributed by atoms with Gasteiger partial charge < -0.3 is 0 Å². The van der Waals surface area contributed by atoms with Gasteiger partial charge >= 0.3 is 0 Å². The number of allylic oxidation sites excluding steroid dienone is 2. The van der Waals surface area contributed by atoms with Crippen LogP contribution in [0.1, 0.15) is 39.5 Å². The smallest absolute Gasteiger partial charge is 0.0277 e. The topological polar surface area (TPSA) is 12.4 Å². The van der Waals surface area contributed by atoms with Crippen LogP contribution in [0, 0.1) is 11.8 Å². The van der Waals surface area contributed by atoms with E-state index >= 15 is 0 Å². The van der Waals surface area contributed by atoms with Gasteiger partial charge in [-0.25, -0.2) is 0 Å². The third-order valence-electron chi connectivity index (χ3n) is 3.17. The van der Waals surface area contributed by atoms with Crippen LogP contribution >= 0.6 is 0 Å². The number of nitrogens with zero attached hydrogens (tertiary/aromatic N) is 1. The van der Waals surface area contributed by atoms with E-state index in [2.05, 4.69) is 24.9 Å². The lowest BCUT2D eigenvalue weighted by molar-refractivity contribution is 0.338. The van der Waals surface area contributed by atoms with E-state index in [-0.39, 0.29) is 0 Å². The summed E-state index contributed by atoms with van der Waals surface area (Å²) in [6.45, 7) is 4.59. The molecule has 74 valence electrons. The van der Waals surface area contributed by atoms with E-state index in [0.717, 1.165) is 11.8 Å². The summed E-state index contributed by atoms with van der Waals surface area (Å²) in [4.78, 5) is 4.03. The van der Waals surface area contributed by atoms with Crippen LogP contribution in [0.25, 0.3) is 0 Å². The standard InChI is InChI=1S/C12H21N/c1-4-10(2)12(8-9-13-3)11-6-5-7-11/h8-11H,4-7H2,1-3H3/b12-8+,13-9-. The molecule has 1 fully saturated rings. The van der Waals surface area contributed by atoms with Gasteiger partial charge in [-0.05, 0) is 37.2 Å². The average Bonchev–Trinajstić information content (AvgIpc) is 2.07. The van der Waals surface area contributed by atoms with E-state index in [1.165, 1.54) is 25.7 Å². The van der Waals surface area contributed by atoms with Crippen LogP contribution in [0.3, 0.4) is 0 Å². The van der Waals surface area contributed by atoms with Crippen molar-refractivity contribution in [1.29, 1.82) is 0 Å². The molecule has 0 saturated heterocycles. The maximum Gasteiger partial charge on any atom is 0.0277 e. The van der Waals surface area contributed by atoms with Crippen LogP contribution in [0.4, 0.5) is 0 Å². The van der Waals surface area contributed by atoms with Gasteiger partial charge in [0.15, 0.2) is 0 Å². The van der Waals surface area contributed by atoms with Crippen molar-refractivity contribution in [3.63, 3.8) is 0 Å². The third kappa shape index (κ3) is 2.68. The Morgan fingerprint density at radius 1 is 1.54 bits per heavy atom. The summed E-state index contributed by atoms with van der Waals surface area (Å²) in [5.41, 5.74) is 1.62. The molecular weight excluding hydrogens is 158 g/mol. The Bertz CT molecular complexity index is 192. The Labute approximate surface area is 82.0 Å². The molecule has 13 heavy (non-hydrogen) atoms. The SMILES string of the molecule is CCC(C)/C(=C\C=N/C)C1CCC1. The molecule has 0 N–H and O–H groups in total. The molecule has 1 rings (SSSR count). The van der Waals surface area contributed by atoms with E-state index in [1.807, 2.05) is 13.3 Å². The van der Waals surface area contributed by atoms with Gasteiger partial charge in [0.25, 0.3) is 0 Å². The Kier molecular flexibility index (Phi) is 4.20. The summed E-state index contributed by atoms with van der Waals surface area (Å²) in [7, 11) is 1.84. The second kappa shape index (κ2) is 5.21. The van der Waals surface area contributed by atoms with Crippen LogP contribution in [-0.2, 0) is 0 Å². The monoisotopic (exact) mass is 179 g/mol. The van der Waals surface area contributed by atoms with Crippen molar-refractivity contribution in [3.05, 3.63) is 11.6 Å². The summed E-state index contributed by atoms with van der Waals surface area (Å²) < 4.78 is 0. The molecule has 1 nitrogen and oxygen atoms in total. The van der Waals surface area contributed by atoms with Crippen molar-refractivity contribution in [1.82, 2.24) is 0 Å². The maximum absolute atomic E-state index is 4.03. The molecule has 1 saturated carbocycles. The van der Waals surface area contributed by atoms with Gasteiger partial charge in [0.2, 0.25) is 0 Å². The highest BCUT2D eigenvalue weighted by molar-refractivity contribution is 5.72. The van der Waals surface area contributed by atoms with Crippen molar-refractivity contribution >= 4 is 6.21 Å². The van der Waals surface area contributed by atoms with Crippen LogP contribution in [-0.4, -0.2) is 13.3 Å². The first kappa shape index (κ1) is 10.5. The van der Waals surface area contributed by atoms with Crippen molar-refractivity contribution in [2.75, 3.05) is 7.05 Å². The first-order valence-corrected chi connectivity index (χ1v) is 5.41. The third-order valence-corrected chi connectivity index (χ3v) is 3.17. The molecule has 1 aliphatic rings. The zero-order chi connectivity index (χ0) is 9.68. The minimum Gasteiger partial charge on any atom is -0.297 e. The lowest BCUT2D eigenvalue weighted by Gasteiger charge is -2.31. The van der Waals surface area contributed by atoms with Gasteiger partial charge in [0.05, 0.1) is 0 Å². The normalized spacial score (nSPS) is 21.9. The predicted octanol–water partition coefficient (Wildman–Crippen LogP) is 3.46. The van der Waals surface area contributed by atoms with E-state index in [0.29, 0.717) is 0 Å². The van der Waals surface area contributed by atoms with Gasteiger partial charge in [0.1, 0.15) is 0 Å². The summed E-state index contributed by atoms with van der Waals surface area (Å²) in [5.74, 6) is 1.61. The van der Waals surface area contributed by atoms with E-state index in [9.17, 15) is 0 Å². The molecule has 1 heteroatoms. The number of aliphatic imine (C=N–C) groups is 1. The fourth-order valence-corrected chi connectivity index (χ4v) is 1.84. The molecule has 0 aliphatic heterocycles. The lowest BCUT2D eigenvalue weighted by atomic mass is 9.74. The minimum atomic E-state index is 0.739. The van der Waals surface area contributed by atoms with Gasteiger partial charge in [-0.1, -0.05) is 25.8 Å². The Morgan fingerprint density at radius 2 is 2.23 bits per heavy atom. The molecule has 0 bridgehead atoms. The number of hydrogen-bond donors (Lipinski definition) is 0. The molecular formula is C12H21N. The Hall–Kier alpha value is -0.590. The lowest BCUT2D eigenvalue weighted by Crippen LogP contribution is -2.18. The highest BCUT2D eigenvalue weighted by Crippen LogP contribution is 2.37. The van der Waals surface area contributed by atoms with E-state index in [4.69, 9.17) is 0 Å². The van der Waals surface area contributed by atoms with Gasteiger partial charge in [0, 0.05) is 13.3 Å². The van der Waals surface area contributed by atoms with E-state index in [1.54, 1.807) is 5.57 Å². The highest BCUT2D eigenvalue weighted by Gasteiger charge is 2.23. The van der Waals surface area contributed by atoms with Crippen LogP contribution < -0.4 is 0 Å². The van der Waals surface area contributed by atoms with Crippen molar-refractivity contribution in [3.8, 4) is 0 Å². The van der Waals surface area contributed by atoms with Crippen LogP contribution in [0.15, 0.2) is 16.6 Å². The molecule has 1 aliphatic carbocycles. The first-order chi connectivity index (χ1) is 6.29. The quantitative estimate of drug-likeness (QED) is 0.586. The largest absolute Gasteiger partial charge is 0.297 e. The number of hydrogen-bond acceptors (Lipinski definition) is 1. The van der Waals surface area contributed by atoms with Gasteiger partial charge in [-0.3, -0.25) is 4.99 Å². The molecule has 0 aromatic rings. The molecule has 1 atom stereocenters. The van der Waals surface area contributed by atoms with Gasteiger partial charge in [-0.15, -0.1) is 0 Å². The summed E-state index contributed by atoms with van der Waals surface area (Å²) >= 11 is 0. The van der Waals surface area contributed by atoms with Crippen LogP contribution in [0.2, 0.25) is 0 Å². The fraction of sp³-hybridized carbons (Fsp3) is 0.750. The highest BCUT2D eigenvalue weighted by atomic mass is 14.6. The average molecular weight is 179 g/mol. The predicted molar refractivity (Wildman–Crippen MR) is 59.3 cm³/mol. The molecule has 0 spiro atoms. The maximum atomic E-state index is 4.03. The Morgan fingerprint density at radius 3 is 2.62 bits per heavy atom. The van der Waals surface area contributed by atoms with E-state index < -0.39 is 0 Å². The summed E-state index contributed by atoms with van der Waals surface area (Å²) in [6.07, 6.45) is 9.64. The second-order valence-electron chi connectivity index (χ2n) is 4.01. The first-order valence-electron chi connectivity index (χ1n) is 5.41. The second-order valence-corrected chi connectivity index (χ2v) is 4.01. The molecule has 0 aromatic carbocycles. The molecule has 0 radical (unpaired) electrons.